The van der Waals surface area contributed by atoms with Gasteiger partial charge in [0.15, 0.2) is 10.7 Å². The van der Waals surface area contributed by atoms with Crippen molar-refractivity contribution in [1.82, 2.24) is 24.5 Å². The first-order valence-electron chi connectivity index (χ1n) is 16.2. The summed E-state index contributed by atoms with van der Waals surface area (Å²) < 4.78 is 22.7. The molecule has 4 heterocycles. The topological polar surface area (TPSA) is 191 Å². The van der Waals surface area contributed by atoms with Crippen LogP contribution in [0.25, 0.3) is 16.8 Å². The number of nitrogens with zero attached hydrogens (tertiary/aromatic N) is 6. The number of aromatic nitrogens is 4. The summed E-state index contributed by atoms with van der Waals surface area (Å²) in [4.78, 5) is 37.2. The number of hydrogen-bond acceptors (Lipinski definition) is 11. The van der Waals surface area contributed by atoms with Crippen molar-refractivity contribution in [1.29, 1.82) is 0 Å². The highest BCUT2D eigenvalue weighted by atomic mass is 32.1. The largest absolute Gasteiger partial charge is 0.473 e. The number of carbonyl (C=O) groups is 2. The molecule has 2 fully saturated rings. The molecular formula is C33H42FN9O4S. The van der Waals surface area contributed by atoms with Crippen LogP contribution in [0, 0.1) is 12.7 Å². The molecule has 1 aliphatic heterocycles. The molecule has 0 bridgehead atoms. The summed E-state index contributed by atoms with van der Waals surface area (Å²) in [6, 6.07) is 6.57. The van der Waals surface area contributed by atoms with Crippen molar-refractivity contribution >= 4 is 40.2 Å². The number of primary amides is 2. The third kappa shape index (κ3) is 6.93. The second-order valence-corrected chi connectivity index (χ2v) is 14.6. The Labute approximate surface area is 281 Å². The van der Waals surface area contributed by atoms with E-state index in [4.69, 9.17) is 21.9 Å². The second-order valence-electron chi connectivity index (χ2n) is 13.4. The number of halogens is 1. The van der Waals surface area contributed by atoms with Gasteiger partial charge in [0, 0.05) is 37.3 Å². The highest BCUT2D eigenvalue weighted by Crippen LogP contribution is 2.38. The van der Waals surface area contributed by atoms with Gasteiger partial charge in [0.05, 0.1) is 27.6 Å². The molecule has 1 aliphatic carbocycles. The molecule has 2 amide bonds. The predicted octanol–water partition coefficient (Wildman–Crippen LogP) is 3.51. The third-order valence-corrected chi connectivity index (χ3v) is 10.2. The van der Waals surface area contributed by atoms with Gasteiger partial charge in [-0.05, 0) is 77.5 Å². The van der Waals surface area contributed by atoms with Crippen LogP contribution in [0.1, 0.15) is 77.4 Å². The normalized spacial score (nSPS) is 20.4. The molecule has 1 atom stereocenters. The van der Waals surface area contributed by atoms with E-state index < -0.39 is 23.2 Å². The van der Waals surface area contributed by atoms with Gasteiger partial charge >= 0.3 is 0 Å². The first kappa shape index (κ1) is 33.6. The average molecular weight is 680 g/mol. The molecule has 15 heteroatoms. The average Bonchev–Trinajstić information content (AvgIpc) is 3.61. The number of hydrogen-bond donors (Lipinski definition) is 4. The summed E-state index contributed by atoms with van der Waals surface area (Å²) in [5, 5.41) is 16.2. The van der Waals surface area contributed by atoms with Gasteiger partial charge in [0.25, 0.3) is 11.8 Å². The van der Waals surface area contributed by atoms with Crippen LogP contribution in [-0.2, 0) is 0 Å². The van der Waals surface area contributed by atoms with Gasteiger partial charge in [-0.1, -0.05) is 6.07 Å². The van der Waals surface area contributed by atoms with Crippen molar-refractivity contribution in [2.45, 2.75) is 83.1 Å². The number of carbonyl (C=O) groups excluding carboxylic acids is 2. The molecule has 1 saturated heterocycles. The van der Waals surface area contributed by atoms with Crippen molar-refractivity contribution in [3.05, 3.63) is 51.9 Å². The lowest BCUT2D eigenvalue weighted by atomic mass is 9.88. The predicted molar refractivity (Wildman–Crippen MR) is 182 cm³/mol. The standard InChI is InChI=1S/C33H42FN9O4S/c1-18-40-32(28(48-18)31(37)45)47-22-9-7-20(8-10-22)42(16-33(2,3)46)21-5-4-12-41(15-21)26-14-25(43-27(26)29(35)38-17-39-43)19-6-11-23(30(36)44)24(34)13-19/h6,11,13-14,17,20-22,46H,4-5,7-10,12,15-16H2,1-3H3,(H2,36,44)(H2,37,45)(H2,35,38,39)/t20?,21-,22?/m1/s1. The fraction of sp³-hybridized carbons (Fsp3) is 0.485. The molecule has 6 rings (SSSR count). The van der Waals surface area contributed by atoms with Crippen molar-refractivity contribution in [3.8, 4) is 17.1 Å². The Kier molecular flexibility index (Phi) is 9.29. The van der Waals surface area contributed by atoms with Gasteiger partial charge in [-0.15, -0.1) is 11.3 Å². The number of nitrogen functional groups attached to an aromatic ring is 1. The van der Waals surface area contributed by atoms with Crippen LogP contribution in [0.5, 0.6) is 5.88 Å². The molecule has 0 radical (unpaired) electrons. The van der Waals surface area contributed by atoms with E-state index in [-0.39, 0.29) is 23.8 Å². The van der Waals surface area contributed by atoms with Crippen LogP contribution in [0.4, 0.5) is 15.9 Å². The summed E-state index contributed by atoms with van der Waals surface area (Å²) in [5.41, 5.74) is 18.8. The van der Waals surface area contributed by atoms with Gasteiger partial charge in [0.2, 0.25) is 5.88 Å². The van der Waals surface area contributed by atoms with E-state index in [0.717, 1.165) is 55.8 Å². The van der Waals surface area contributed by atoms with Crippen LogP contribution in [0.3, 0.4) is 0 Å². The monoisotopic (exact) mass is 679 g/mol. The summed E-state index contributed by atoms with van der Waals surface area (Å²) >= 11 is 1.24. The lowest BCUT2D eigenvalue weighted by molar-refractivity contribution is -0.0175. The highest BCUT2D eigenvalue weighted by Gasteiger charge is 2.37. The first-order valence-corrected chi connectivity index (χ1v) is 17.0. The van der Waals surface area contributed by atoms with Crippen molar-refractivity contribution in [2.24, 2.45) is 11.5 Å². The Hall–Kier alpha value is -4.34. The Morgan fingerprint density at radius 3 is 2.54 bits per heavy atom. The van der Waals surface area contributed by atoms with Crippen LogP contribution in [0.15, 0.2) is 30.6 Å². The zero-order valence-electron chi connectivity index (χ0n) is 27.4. The van der Waals surface area contributed by atoms with E-state index in [0.29, 0.717) is 46.4 Å². The number of aryl methyl sites for hydroxylation is 1. The van der Waals surface area contributed by atoms with Gasteiger partial charge in [-0.2, -0.15) is 5.10 Å². The van der Waals surface area contributed by atoms with Crippen molar-refractivity contribution in [3.63, 3.8) is 0 Å². The minimum Gasteiger partial charge on any atom is -0.473 e. The van der Waals surface area contributed by atoms with Crippen LogP contribution in [0.2, 0.25) is 0 Å². The van der Waals surface area contributed by atoms with Gasteiger partial charge in [0.1, 0.15) is 23.8 Å². The maximum Gasteiger partial charge on any atom is 0.264 e. The number of rotatable bonds is 10. The molecule has 3 aromatic heterocycles. The number of benzene rings is 1. The number of piperidine rings is 1. The van der Waals surface area contributed by atoms with Crippen LogP contribution >= 0.6 is 11.3 Å². The SMILES string of the molecule is Cc1nc(OC2CCC(N(CC(C)(C)O)[C@@H]3CCCN(c4cc(-c5ccc(C(N)=O)c(F)c5)n5ncnc(N)c45)C3)CC2)c(C(N)=O)s1. The first-order chi connectivity index (χ1) is 22.8. The summed E-state index contributed by atoms with van der Waals surface area (Å²) in [5.74, 6) is -1.47. The molecule has 0 unspecified atom stereocenters. The van der Waals surface area contributed by atoms with Crippen LogP contribution < -0.4 is 26.8 Å². The zero-order valence-corrected chi connectivity index (χ0v) is 28.2. The lowest BCUT2D eigenvalue weighted by Crippen LogP contribution is -2.56. The van der Waals surface area contributed by atoms with E-state index in [9.17, 15) is 19.1 Å². The smallest absolute Gasteiger partial charge is 0.264 e. The van der Waals surface area contributed by atoms with E-state index >= 15 is 0 Å². The fourth-order valence-electron chi connectivity index (χ4n) is 7.11. The quantitative estimate of drug-likeness (QED) is 0.193. The molecule has 1 aromatic carbocycles. The third-order valence-electron chi connectivity index (χ3n) is 9.19. The summed E-state index contributed by atoms with van der Waals surface area (Å²) in [7, 11) is 0. The number of nitrogens with two attached hydrogens (primary N) is 3. The minimum absolute atomic E-state index is 0.0799. The summed E-state index contributed by atoms with van der Waals surface area (Å²) in [6.07, 6.45) is 6.43. The molecular weight excluding hydrogens is 637 g/mol. The van der Waals surface area contributed by atoms with Gasteiger partial charge < -0.3 is 31.9 Å². The molecule has 7 N–H and O–H groups in total. The highest BCUT2D eigenvalue weighted by molar-refractivity contribution is 7.13. The number of anilines is 2. The maximum absolute atomic E-state index is 14.8. The molecule has 13 nitrogen and oxygen atoms in total. The Balaban J connectivity index is 1.24. The van der Waals surface area contributed by atoms with Crippen molar-refractivity contribution in [2.75, 3.05) is 30.3 Å². The van der Waals surface area contributed by atoms with E-state index in [1.807, 2.05) is 26.8 Å². The Bertz CT molecular complexity index is 1830. The molecule has 1 saturated carbocycles. The number of aliphatic hydroxyl groups is 1. The number of thiazole rings is 1. The lowest BCUT2D eigenvalue weighted by Gasteiger charge is -2.47. The molecule has 0 spiro atoms. The van der Waals surface area contributed by atoms with Crippen molar-refractivity contribution < 1.29 is 23.8 Å². The molecule has 256 valence electrons. The fourth-order valence-corrected chi connectivity index (χ4v) is 7.82. The number of ether oxygens (including phenoxy) is 1. The summed E-state index contributed by atoms with van der Waals surface area (Å²) in [6.45, 7) is 7.43. The minimum atomic E-state index is -0.917. The molecule has 4 aromatic rings. The Morgan fingerprint density at radius 2 is 1.88 bits per heavy atom. The van der Waals surface area contributed by atoms with Gasteiger partial charge in [-0.3, -0.25) is 14.5 Å². The van der Waals surface area contributed by atoms with E-state index in [2.05, 4.69) is 24.9 Å². The van der Waals surface area contributed by atoms with Gasteiger partial charge in [-0.25, -0.2) is 18.9 Å². The van der Waals surface area contributed by atoms with Crippen LogP contribution in [-0.4, -0.2) is 84.8 Å². The molecule has 48 heavy (non-hydrogen) atoms. The number of amides is 2. The maximum atomic E-state index is 14.8. The second kappa shape index (κ2) is 13.3. The Morgan fingerprint density at radius 1 is 1.12 bits per heavy atom. The zero-order chi connectivity index (χ0) is 34.3. The number of fused-ring (bicyclic) bond motifs is 1. The van der Waals surface area contributed by atoms with E-state index in [1.54, 1.807) is 10.6 Å². The van der Waals surface area contributed by atoms with E-state index in [1.165, 1.54) is 29.8 Å². The molecule has 2 aliphatic rings.